The number of hydrogen-bond donors (Lipinski definition) is 1. The number of amides is 1. The molecule has 2 aromatic carbocycles. The first-order valence-corrected chi connectivity index (χ1v) is 12.6. The van der Waals surface area contributed by atoms with E-state index in [0.29, 0.717) is 18.7 Å². The van der Waals surface area contributed by atoms with Crippen molar-refractivity contribution in [3.63, 3.8) is 0 Å². The number of rotatable bonds is 10. The Hall–Kier alpha value is -3.58. The van der Waals surface area contributed by atoms with E-state index in [1.54, 1.807) is 25.6 Å². The molecule has 2 heterocycles. The number of unbranched alkanes of at least 4 members (excludes halogenated alkanes) is 1. The molecule has 4 rings (SSSR count). The smallest absolute Gasteiger partial charge is 0.253 e. The van der Waals surface area contributed by atoms with E-state index < -0.39 is 0 Å². The van der Waals surface area contributed by atoms with Crippen LogP contribution in [0.25, 0.3) is 22.0 Å². The van der Waals surface area contributed by atoms with Gasteiger partial charge in [0.25, 0.3) is 5.91 Å². The Balaban J connectivity index is 1.70. The first kappa shape index (κ1) is 24.5. The summed E-state index contributed by atoms with van der Waals surface area (Å²) in [6.07, 6.45) is 2.00. The lowest BCUT2D eigenvalue weighted by molar-refractivity contribution is 0.0952. The van der Waals surface area contributed by atoms with Crippen molar-refractivity contribution in [1.29, 1.82) is 0 Å². The molecule has 0 unspecified atom stereocenters. The summed E-state index contributed by atoms with van der Waals surface area (Å²) in [5.74, 6) is 1.59. The average molecular weight is 490 g/mol. The maximum absolute atomic E-state index is 13.0. The van der Waals surface area contributed by atoms with Gasteiger partial charge in [-0.25, -0.2) is 4.98 Å². The van der Waals surface area contributed by atoms with Gasteiger partial charge in [0.1, 0.15) is 16.5 Å². The average Bonchev–Trinajstić information content (AvgIpc) is 3.50. The number of nitrogens with one attached hydrogen (secondary N) is 1. The number of aromatic nitrogens is 2. The Morgan fingerprint density at radius 2 is 1.69 bits per heavy atom. The summed E-state index contributed by atoms with van der Waals surface area (Å²) in [6.45, 7) is 5.41. The molecule has 0 atom stereocenters. The summed E-state index contributed by atoms with van der Waals surface area (Å²) in [4.78, 5) is 17.9. The van der Waals surface area contributed by atoms with E-state index in [0.717, 1.165) is 57.6 Å². The van der Waals surface area contributed by atoms with Crippen molar-refractivity contribution in [1.82, 2.24) is 14.9 Å². The number of ether oxygens (including phenoxy) is 2. The van der Waals surface area contributed by atoms with Crippen LogP contribution in [-0.4, -0.2) is 36.2 Å². The summed E-state index contributed by atoms with van der Waals surface area (Å²) >= 11 is 1.59. The molecule has 7 heteroatoms. The monoisotopic (exact) mass is 489 g/mol. The number of nitrogens with zero attached hydrogens (tertiary/aromatic N) is 2. The fourth-order valence-corrected chi connectivity index (χ4v) is 4.76. The minimum Gasteiger partial charge on any atom is -0.497 e. The number of benzene rings is 2. The molecule has 6 nitrogen and oxygen atoms in total. The third-order valence-electron chi connectivity index (χ3n) is 6.03. The Bertz CT molecular complexity index is 1270. The van der Waals surface area contributed by atoms with Crippen molar-refractivity contribution in [2.75, 3.05) is 20.8 Å². The lowest BCUT2D eigenvalue weighted by Crippen LogP contribution is -2.24. The highest BCUT2D eigenvalue weighted by Crippen LogP contribution is 2.33. The SMILES string of the molecule is CCCCNC(=O)c1cc(-c2csc(-c3ccc(OC)cc3)n2)n(Cc2ccc(OC)cc2)c1C. The van der Waals surface area contributed by atoms with Crippen LogP contribution < -0.4 is 14.8 Å². The van der Waals surface area contributed by atoms with Gasteiger partial charge in [0, 0.05) is 29.7 Å². The quantitative estimate of drug-likeness (QED) is 0.270. The van der Waals surface area contributed by atoms with Crippen molar-refractivity contribution in [3.05, 3.63) is 76.8 Å². The van der Waals surface area contributed by atoms with Crippen LogP contribution >= 0.6 is 11.3 Å². The van der Waals surface area contributed by atoms with Crippen LogP contribution in [0.3, 0.4) is 0 Å². The fourth-order valence-electron chi connectivity index (χ4n) is 3.94. The molecule has 0 bridgehead atoms. The van der Waals surface area contributed by atoms with Crippen molar-refractivity contribution < 1.29 is 14.3 Å². The predicted octanol–water partition coefficient (Wildman–Crippen LogP) is 6.18. The van der Waals surface area contributed by atoms with E-state index in [-0.39, 0.29) is 5.91 Å². The number of hydrogen-bond acceptors (Lipinski definition) is 5. The van der Waals surface area contributed by atoms with E-state index in [2.05, 4.69) is 22.2 Å². The first-order valence-electron chi connectivity index (χ1n) is 11.8. The zero-order valence-corrected chi connectivity index (χ0v) is 21.4. The van der Waals surface area contributed by atoms with Gasteiger partial charge in [-0.05, 0) is 61.4 Å². The Morgan fingerprint density at radius 1 is 1.03 bits per heavy atom. The highest BCUT2D eigenvalue weighted by molar-refractivity contribution is 7.13. The standard InChI is InChI=1S/C28H31N3O3S/c1-5-6-15-29-27(32)24-16-26(31(19(24)2)17-20-7-11-22(33-3)12-8-20)25-18-35-28(30-25)21-9-13-23(34-4)14-10-21/h7-14,16,18H,5-6,15,17H2,1-4H3,(H,29,32). The van der Waals surface area contributed by atoms with Gasteiger partial charge in [0.05, 0.1) is 31.2 Å². The molecule has 0 aliphatic carbocycles. The summed E-state index contributed by atoms with van der Waals surface area (Å²) < 4.78 is 12.7. The van der Waals surface area contributed by atoms with E-state index in [9.17, 15) is 4.79 Å². The van der Waals surface area contributed by atoms with Gasteiger partial charge in [-0.1, -0.05) is 25.5 Å². The third-order valence-corrected chi connectivity index (χ3v) is 6.92. The molecule has 182 valence electrons. The van der Waals surface area contributed by atoms with E-state index in [1.807, 2.05) is 61.5 Å². The summed E-state index contributed by atoms with van der Waals surface area (Å²) in [5, 5.41) is 6.03. The van der Waals surface area contributed by atoms with Crippen LogP contribution in [0.5, 0.6) is 11.5 Å². The fraction of sp³-hybridized carbons (Fsp3) is 0.286. The molecule has 4 aromatic rings. The van der Waals surface area contributed by atoms with Crippen molar-refractivity contribution in [2.45, 2.75) is 33.2 Å². The summed E-state index contributed by atoms with van der Waals surface area (Å²) in [6, 6.07) is 17.9. The molecular weight excluding hydrogens is 458 g/mol. The van der Waals surface area contributed by atoms with Gasteiger partial charge in [-0.3, -0.25) is 4.79 Å². The molecule has 1 amide bonds. The molecule has 0 radical (unpaired) electrons. The maximum Gasteiger partial charge on any atom is 0.253 e. The number of carbonyl (C=O) groups is 1. The van der Waals surface area contributed by atoms with E-state index in [1.165, 1.54) is 0 Å². The molecule has 1 N–H and O–H groups in total. The highest BCUT2D eigenvalue weighted by atomic mass is 32.1. The van der Waals surface area contributed by atoms with Gasteiger partial charge >= 0.3 is 0 Å². The lowest BCUT2D eigenvalue weighted by Gasteiger charge is -2.12. The van der Waals surface area contributed by atoms with Crippen LogP contribution in [0.15, 0.2) is 60.0 Å². The Kier molecular flexibility index (Phi) is 7.87. The molecule has 0 saturated heterocycles. The van der Waals surface area contributed by atoms with E-state index >= 15 is 0 Å². The zero-order valence-electron chi connectivity index (χ0n) is 20.6. The highest BCUT2D eigenvalue weighted by Gasteiger charge is 2.20. The first-order chi connectivity index (χ1) is 17.0. The number of thiazole rings is 1. The second-order valence-electron chi connectivity index (χ2n) is 8.34. The van der Waals surface area contributed by atoms with Gasteiger partial charge in [0.2, 0.25) is 0 Å². The number of carbonyl (C=O) groups excluding carboxylic acids is 1. The minimum atomic E-state index is -0.0451. The second-order valence-corrected chi connectivity index (χ2v) is 9.20. The molecule has 0 spiro atoms. The van der Waals surface area contributed by atoms with Gasteiger partial charge < -0.3 is 19.4 Å². The topological polar surface area (TPSA) is 65.4 Å². The maximum atomic E-state index is 13.0. The second kappa shape index (κ2) is 11.2. The Labute approximate surface area is 210 Å². The molecule has 35 heavy (non-hydrogen) atoms. The summed E-state index contributed by atoms with van der Waals surface area (Å²) in [5.41, 5.74) is 5.53. The van der Waals surface area contributed by atoms with Crippen molar-refractivity contribution in [3.8, 4) is 33.5 Å². The Morgan fingerprint density at radius 3 is 2.31 bits per heavy atom. The van der Waals surface area contributed by atoms with Crippen LogP contribution in [0, 0.1) is 6.92 Å². The minimum absolute atomic E-state index is 0.0451. The van der Waals surface area contributed by atoms with Crippen molar-refractivity contribution in [2.24, 2.45) is 0 Å². The number of methoxy groups -OCH3 is 2. The van der Waals surface area contributed by atoms with Gasteiger partial charge in [-0.2, -0.15) is 0 Å². The lowest BCUT2D eigenvalue weighted by atomic mass is 10.2. The van der Waals surface area contributed by atoms with Crippen LogP contribution in [-0.2, 0) is 6.54 Å². The zero-order chi connectivity index (χ0) is 24.8. The van der Waals surface area contributed by atoms with Crippen LogP contribution in [0.1, 0.15) is 41.4 Å². The van der Waals surface area contributed by atoms with Crippen LogP contribution in [0.2, 0.25) is 0 Å². The molecule has 0 saturated carbocycles. The van der Waals surface area contributed by atoms with Crippen molar-refractivity contribution >= 4 is 17.2 Å². The molecule has 0 fully saturated rings. The van der Waals surface area contributed by atoms with E-state index in [4.69, 9.17) is 14.5 Å². The van der Waals surface area contributed by atoms with Gasteiger partial charge in [-0.15, -0.1) is 11.3 Å². The van der Waals surface area contributed by atoms with Gasteiger partial charge in [0.15, 0.2) is 0 Å². The largest absolute Gasteiger partial charge is 0.497 e. The normalized spacial score (nSPS) is 10.9. The molecular formula is C28H31N3O3S. The molecule has 0 aliphatic heterocycles. The molecule has 0 aliphatic rings. The summed E-state index contributed by atoms with van der Waals surface area (Å²) in [7, 11) is 3.32. The predicted molar refractivity (Wildman–Crippen MR) is 142 cm³/mol. The third kappa shape index (κ3) is 5.57. The molecule has 2 aromatic heterocycles. The van der Waals surface area contributed by atoms with Crippen LogP contribution in [0.4, 0.5) is 0 Å².